The van der Waals surface area contributed by atoms with Gasteiger partial charge >= 0.3 is 5.69 Å². The number of hydrogen-bond donors (Lipinski definition) is 1. The Bertz CT molecular complexity index is 997. The van der Waals surface area contributed by atoms with Gasteiger partial charge in [0.15, 0.2) is 0 Å². The maximum Gasteiger partial charge on any atom is 0.329 e. The van der Waals surface area contributed by atoms with E-state index in [-0.39, 0.29) is 18.0 Å². The summed E-state index contributed by atoms with van der Waals surface area (Å²) in [6, 6.07) is 12.8. The van der Waals surface area contributed by atoms with E-state index < -0.39 is 0 Å². The number of amides is 1. The fraction of sp³-hybridized carbons (Fsp3) is 0.300. The molecule has 0 radical (unpaired) electrons. The van der Waals surface area contributed by atoms with Crippen LogP contribution >= 0.6 is 0 Å². The number of methoxy groups -OCH3 is 2. The molecule has 27 heavy (non-hydrogen) atoms. The Morgan fingerprint density at radius 2 is 1.59 bits per heavy atom. The van der Waals surface area contributed by atoms with Crippen LogP contribution in [0.25, 0.3) is 11.0 Å². The number of para-hydroxylation sites is 2. The first kappa shape index (κ1) is 18.6. The normalized spacial score (nSPS) is 10.8. The van der Waals surface area contributed by atoms with Gasteiger partial charge in [-0.3, -0.25) is 13.9 Å². The Labute approximate surface area is 157 Å². The first-order chi connectivity index (χ1) is 13.1. The zero-order valence-electron chi connectivity index (χ0n) is 15.7. The van der Waals surface area contributed by atoms with Gasteiger partial charge in [-0.25, -0.2) is 4.79 Å². The number of imidazole rings is 1. The minimum atomic E-state index is -0.189. The predicted molar refractivity (Wildman–Crippen MR) is 105 cm³/mol. The first-order valence-electron chi connectivity index (χ1n) is 8.78. The molecule has 2 aromatic carbocycles. The van der Waals surface area contributed by atoms with E-state index in [0.29, 0.717) is 30.3 Å². The highest BCUT2D eigenvalue weighted by Crippen LogP contribution is 2.25. The number of aryl methyl sites for hydroxylation is 2. The summed E-state index contributed by atoms with van der Waals surface area (Å²) in [4.78, 5) is 25.0. The Hall–Kier alpha value is -3.22. The summed E-state index contributed by atoms with van der Waals surface area (Å²) >= 11 is 0. The molecule has 7 nitrogen and oxygen atoms in total. The van der Waals surface area contributed by atoms with Crippen molar-refractivity contribution < 1.29 is 14.3 Å². The summed E-state index contributed by atoms with van der Waals surface area (Å²) in [6.45, 7) is 2.82. The van der Waals surface area contributed by atoms with Gasteiger partial charge in [-0.1, -0.05) is 12.1 Å². The molecular formula is C20H23N3O4. The van der Waals surface area contributed by atoms with Gasteiger partial charge in [0.05, 0.1) is 25.3 Å². The van der Waals surface area contributed by atoms with Crippen LogP contribution < -0.4 is 20.5 Å². The summed E-state index contributed by atoms with van der Waals surface area (Å²) in [6.07, 6.45) is 0.178. The number of anilines is 1. The van der Waals surface area contributed by atoms with Crippen LogP contribution in [0.4, 0.5) is 5.69 Å². The second-order valence-corrected chi connectivity index (χ2v) is 6.07. The second kappa shape index (κ2) is 7.99. The molecule has 0 fully saturated rings. The Kier molecular flexibility index (Phi) is 5.49. The molecule has 1 heterocycles. The molecule has 1 amide bonds. The number of nitrogens with zero attached hydrogens (tertiary/aromatic N) is 2. The molecule has 0 saturated carbocycles. The van der Waals surface area contributed by atoms with Crippen molar-refractivity contribution in [1.82, 2.24) is 9.13 Å². The number of ether oxygens (including phenoxy) is 2. The van der Waals surface area contributed by atoms with Crippen LogP contribution in [0, 0.1) is 0 Å². The van der Waals surface area contributed by atoms with E-state index in [1.54, 1.807) is 41.6 Å². The first-order valence-corrected chi connectivity index (χ1v) is 8.78. The van der Waals surface area contributed by atoms with Gasteiger partial charge in [-0.2, -0.15) is 0 Å². The Morgan fingerprint density at radius 3 is 2.15 bits per heavy atom. The molecule has 0 saturated heterocycles. The SMILES string of the molecule is CCn1c(=O)n(CCC(=O)Nc2cc(OC)cc(OC)c2)c2ccccc21. The molecule has 0 aliphatic carbocycles. The molecule has 1 N–H and O–H groups in total. The summed E-state index contributed by atoms with van der Waals surface area (Å²) in [5.74, 6) is 0.990. The number of carbonyl (C=O) groups is 1. The minimum absolute atomic E-state index is 0.102. The lowest BCUT2D eigenvalue weighted by Gasteiger charge is -2.10. The van der Waals surface area contributed by atoms with Gasteiger partial charge in [-0.15, -0.1) is 0 Å². The molecule has 142 valence electrons. The monoisotopic (exact) mass is 369 g/mol. The van der Waals surface area contributed by atoms with Gasteiger partial charge in [0.1, 0.15) is 11.5 Å². The molecule has 0 unspecified atom stereocenters. The highest BCUT2D eigenvalue weighted by Gasteiger charge is 2.13. The molecular weight excluding hydrogens is 346 g/mol. The van der Waals surface area contributed by atoms with Crippen molar-refractivity contribution in [2.75, 3.05) is 19.5 Å². The lowest BCUT2D eigenvalue weighted by atomic mass is 10.2. The molecule has 3 rings (SSSR count). The zero-order chi connectivity index (χ0) is 19.4. The highest BCUT2D eigenvalue weighted by molar-refractivity contribution is 5.91. The van der Waals surface area contributed by atoms with Crippen molar-refractivity contribution in [1.29, 1.82) is 0 Å². The zero-order valence-corrected chi connectivity index (χ0v) is 15.7. The number of benzene rings is 2. The van der Waals surface area contributed by atoms with E-state index in [9.17, 15) is 9.59 Å². The van der Waals surface area contributed by atoms with Crippen molar-refractivity contribution in [2.45, 2.75) is 26.4 Å². The van der Waals surface area contributed by atoms with Gasteiger partial charge in [0, 0.05) is 43.4 Å². The minimum Gasteiger partial charge on any atom is -0.497 e. The maximum absolute atomic E-state index is 12.6. The molecule has 7 heteroatoms. The summed E-state index contributed by atoms with van der Waals surface area (Å²) < 4.78 is 13.8. The van der Waals surface area contributed by atoms with Crippen LogP contribution in [0.3, 0.4) is 0 Å². The van der Waals surface area contributed by atoms with Crippen LogP contribution in [0.5, 0.6) is 11.5 Å². The fourth-order valence-electron chi connectivity index (χ4n) is 3.11. The van der Waals surface area contributed by atoms with Gasteiger partial charge in [0.2, 0.25) is 5.91 Å². The van der Waals surface area contributed by atoms with E-state index >= 15 is 0 Å². The molecule has 0 bridgehead atoms. The summed E-state index contributed by atoms with van der Waals surface area (Å²) in [5.41, 5.74) is 2.19. The van der Waals surface area contributed by atoms with Crippen molar-refractivity contribution in [3.05, 3.63) is 52.9 Å². The lowest BCUT2D eigenvalue weighted by molar-refractivity contribution is -0.116. The van der Waals surface area contributed by atoms with Crippen molar-refractivity contribution in [3.8, 4) is 11.5 Å². The Balaban J connectivity index is 1.76. The van der Waals surface area contributed by atoms with Crippen LogP contribution in [-0.2, 0) is 17.9 Å². The Morgan fingerprint density at radius 1 is 1.00 bits per heavy atom. The van der Waals surface area contributed by atoms with E-state index in [4.69, 9.17) is 9.47 Å². The topological polar surface area (TPSA) is 74.5 Å². The van der Waals surface area contributed by atoms with Crippen LogP contribution in [0.2, 0.25) is 0 Å². The third kappa shape index (κ3) is 3.81. The van der Waals surface area contributed by atoms with Gasteiger partial charge in [-0.05, 0) is 19.1 Å². The van der Waals surface area contributed by atoms with Crippen molar-refractivity contribution >= 4 is 22.6 Å². The summed E-state index contributed by atoms with van der Waals surface area (Å²) in [5, 5.41) is 2.83. The number of carbonyl (C=O) groups excluding carboxylic acids is 1. The van der Waals surface area contributed by atoms with Gasteiger partial charge in [0.25, 0.3) is 0 Å². The van der Waals surface area contributed by atoms with Gasteiger partial charge < -0.3 is 14.8 Å². The molecule has 0 spiro atoms. The van der Waals surface area contributed by atoms with E-state index in [1.165, 1.54) is 0 Å². The molecule has 0 aliphatic heterocycles. The predicted octanol–water partition coefficient (Wildman–Crippen LogP) is 2.87. The molecule has 0 atom stereocenters. The third-order valence-corrected chi connectivity index (χ3v) is 4.44. The largest absolute Gasteiger partial charge is 0.497 e. The van der Waals surface area contributed by atoms with Crippen molar-refractivity contribution in [2.24, 2.45) is 0 Å². The smallest absolute Gasteiger partial charge is 0.329 e. The standard InChI is InChI=1S/C20H23N3O4/c1-4-22-17-7-5-6-8-18(17)23(20(22)25)10-9-19(24)21-14-11-15(26-2)13-16(12-14)27-3/h5-8,11-13H,4,9-10H2,1-3H3,(H,21,24). The average Bonchev–Trinajstić information content (AvgIpc) is 2.96. The molecule has 3 aromatic rings. The average molecular weight is 369 g/mol. The van der Waals surface area contributed by atoms with Crippen LogP contribution in [-0.4, -0.2) is 29.3 Å². The number of rotatable bonds is 7. The maximum atomic E-state index is 12.6. The number of fused-ring (bicyclic) bond motifs is 1. The second-order valence-electron chi connectivity index (χ2n) is 6.07. The summed E-state index contributed by atoms with van der Waals surface area (Å²) in [7, 11) is 3.10. The van der Waals surface area contributed by atoms with E-state index in [0.717, 1.165) is 11.0 Å². The van der Waals surface area contributed by atoms with Crippen LogP contribution in [0.1, 0.15) is 13.3 Å². The van der Waals surface area contributed by atoms with E-state index in [2.05, 4.69) is 5.32 Å². The third-order valence-electron chi connectivity index (χ3n) is 4.44. The number of nitrogens with one attached hydrogen (secondary N) is 1. The number of aromatic nitrogens is 2. The fourth-order valence-corrected chi connectivity index (χ4v) is 3.11. The lowest BCUT2D eigenvalue weighted by Crippen LogP contribution is -2.25. The quantitative estimate of drug-likeness (QED) is 0.695. The highest BCUT2D eigenvalue weighted by atomic mass is 16.5. The molecule has 1 aromatic heterocycles. The molecule has 0 aliphatic rings. The number of hydrogen-bond acceptors (Lipinski definition) is 4. The van der Waals surface area contributed by atoms with E-state index in [1.807, 2.05) is 31.2 Å². The van der Waals surface area contributed by atoms with Crippen molar-refractivity contribution in [3.63, 3.8) is 0 Å². The van der Waals surface area contributed by atoms with Crippen LogP contribution in [0.15, 0.2) is 47.3 Å².